The summed E-state index contributed by atoms with van der Waals surface area (Å²) < 4.78 is 31.9. The first-order chi connectivity index (χ1) is 32.8. The van der Waals surface area contributed by atoms with Gasteiger partial charge in [-0.15, -0.1) is 0 Å². The van der Waals surface area contributed by atoms with Gasteiger partial charge in [-0.05, 0) is 82.3 Å². The standard InChI is InChI=1S/C41H74N14O13/c1-41(2,3)55(34(40(61)62)10-5-7-16-46-36(57)13-22-64-28-31-67-25-19-49-53-43)39(60)33(9-4-6-15-45-35(56)12-21-63-27-30-66-24-18-48-52-42)51-38(59)11-8-17-47-37(58)14-23-65-29-32-68-26-20-50-54-44/h33-34H,4-32H2,1-3H3,(H,45,56)(H,46,57)(H,47,58)(H,51,59)(H,61,62). The first-order valence-corrected chi connectivity index (χ1v) is 22.9. The Morgan fingerprint density at radius 3 is 1.25 bits per heavy atom. The van der Waals surface area contributed by atoms with E-state index in [0.717, 1.165) is 0 Å². The van der Waals surface area contributed by atoms with E-state index in [1.807, 2.05) is 0 Å². The van der Waals surface area contributed by atoms with E-state index in [4.69, 9.17) is 45.0 Å². The van der Waals surface area contributed by atoms with Gasteiger partial charge in [-0.25, -0.2) is 4.79 Å². The van der Waals surface area contributed by atoms with Crippen molar-refractivity contribution in [3.05, 3.63) is 31.3 Å². The van der Waals surface area contributed by atoms with Gasteiger partial charge in [0.05, 0.1) is 79.3 Å². The smallest absolute Gasteiger partial charge is 0.326 e. The first-order valence-electron chi connectivity index (χ1n) is 22.9. The predicted molar refractivity (Wildman–Crippen MR) is 247 cm³/mol. The lowest BCUT2D eigenvalue weighted by Gasteiger charge is -2.42. The fraction of sp³-hybridized carbons (Fsp3) is 0.854. The van der Waals surface area contributed by atoms with Gasteiger partial charge in [-0.3, -0.25) is 24.0 Å². The fourth-order valence-electron chi connectivity index (χ4n) is 6.05. The number of hydrogen-bond acceptors (Lipinski definition) is 15. The Kier molecular flexibility index (Phi) is 39.4. The lowest BCUT2D eigenvalue weighted by atomic mass is 9.96. The molecule has 5 N–H and O–H groups in total. The van der Waals surface area contributed by atoms with Crippen LogP contribution in [0.15, 0.2) is 15.3 Å². The number of azide groups is 3. The molecule has 0 aliphatic carbocycles. The Bertz CT molecular complexity index is 1590. The monoisotopic (exact) mass is 971 g/mol. The van der Waals surface area contributed by atoms with E-state index in [2.05, 4.69) is 51.3 Å². The van der Waals surface area contributed by atoms with Crippen LogP contribution in [0, 0.1) is 0 Å². The molecule has 0 rings (SSSR count). The molecular formula is C41H74N14O13. The zero-order valence-electron chi connectivity index (χ0n) is 40.0. The number of hydrogen-bond donors (Lipinski definition) is 5. The Balaban J connectivity index is 5.30. The van der Waals surface area contributed by atoms with Crippen LogP contribution in [0.3, 0.4) is 0 Å². The van der Waals surface area contributed by atoms with Gasteiger partial charge in [0.15, 0.2) is 0 Å². The van der Waals surface area contributed by atoms with E-state index in [1.165, 1.54) is 4.90 Å². The number of nitrogens with one attached hydrogen (secondary N) is 4. The van der Waals surface area contributed by atoms with Crippen molar-refractivity contribution in [2.45, 2.75) is 109 Å². The number of nitrogens with zero attached hydrogens (tertiary/aromatic N) is 10. The number of rotatable bonds is 45. The highest BCUT2D eigenvalue weighted by atomic mass is 16.5. The maximum absolute atomic E-state index is 14.4. The molecule has 0 fully saturated rings. The van der Waals surface area contributed by atoms with E-state index < -0.39 is 35.4 Å². The molecule has 2 atom stereocenters. The molecule has 0 saturated heterocycles. The van der Waals surface area contributed by atoms with Crippen molar-refractivity contribution in [2.24, 2.45) is 15.3 Å². The second-order valence-corrected chi connectivity index (χ2v) is 15.8. The Morgan fingerprint density at radius 2 is 0.882 bits per heavy atom. The van der Waals surface area contributed by atoms with E-state index in [9.17, 15) is 33.9 Å². The molecule has 0 aromatic rings. The number of carboxylic acids is 1. The molecule has 0 heterocycles. The molecule has 386 valence electrons. The Labute approximate surface area is 397 Å². The van der Waals surface area contributed by atoms with E-state index in [0.29, 0.717) is 25.7 Å². The van der Waals surface area contributed by atoms with Crippen molar-refractivity contribution < 1.29 is 62.3 Å². The van der Waals surface area contributed by atoms with Gasteiger partial charge in [0.2, 0.25) is 29.5 Å². The van der Waals surface area contributed by atoms with Gasteiger partial charge in [0, 0.05) is 85.2 Å². The highest BCUT2D eigenvalue weighted by molar-refractivity contribution is 5.91. The van der Waals surface area contributed by atoms with Crippen LogP contribution >= 0.6 is 0 Å². The average Bonchev–Trinajstić information content (AvgIpc) is 3.29. The predicted octanol–water partition coefficient (Wildman–Crippen LogP) is 3.22. The zero-order valence-corrected chi connectivity index (χ0v) is 40.0. The molecule has 68 heavy (non-hydrogen) atoms. The van der Waals surface area contributed by atoms with Crippen molar-refractivity contribution in [2.75, 3.05) is 119 Å². The summed E-state index contributed by atoms with van der Waals surface area (Å²) >= 11 is 0. The number of unbranched alkanes of at least 4 members (excludes halogenated alkanes) is 2. The number of carboxylic acid groups (broad SMARTS) is 1. The van der Waals surface area contributed by atoms with Crippen LogP contribution in [0.1, 0.15) is 91.4 Å². The molecule has 0 aliphatic rings. The quantitative estimate of drug-likeness (QED) is 0.0254. The third-order valence-electron chi connectivity index (χ3n) is 9.29. The van der Waals surface area contributed by atoms with Crippen molar-refractivity contribution in [3.63, 3.8) is 0 Å². The minimum atomic E-state index is -1.25. The topological polar surface area (TPSA) is 376 Å². The molecule has 0 saturated carbocycles. The van der Waals surface area contributed by atoms with Gasteiger partial charge < -0.3 is 59.7 Å². The Hall–Kier alpha value is -5.49. The van der Waals surface area contributed by atoms with Crippen LogP contribution in [0.2, 0.25) is 0 Å². The van der Waals surface area contributed by atoms with Crippen molar-refractivity contribution in [1.82, 2.24) is 26.2 Å². The molecule has 0 aromatic heterocycles. The van der Waals surface area contributed by atoms with Crippen molar-refractivity contribution in [1.29, 1.82) is 0 Å². The maximum Gasteiger partial charge on any atom is 0.326 e. The highest BCUT2D eigenvalue weighted by Gasteiger charge is 2.40. The molecule has 0 spiro atoms. The number of ether oxygens (including phenoxy) is 6. The molecule has 2 unspecified atom stereocenters. The second kappa shape index (κ2) is 42.8. The summed E-state index contributed by atoms with van der Waals surface area (Å²) in [6, 6.07) is -2.34. The molecule has 0 aromatic carbocycles. The van der Waals surface area contributed by atoms with Crippen LogP contribution < -0.4 is 21.3 Å². The third-order valence-corrected chi connectivity index (χ3v) is 9.29. The third kappa shape index (κ3) is 36.6. The molecule has 27 heteroatoms. The summed E-state index contributed by atoms with van der Waals surface area (Å²) in [6.45, 7) is 9.48. The van der Waals surface area contributed by atoms with Crippen LogP contribution in [-0.2, 0) is 57.2 Å². The first kappa shape index (κ1) is 62.5. The summed E-state index contributed by atoms with van der Waals surface area (Å²) in [7, 11) is 0. The number of aliphatic carboxylic acids is 1. The summed E-state index contributed by atoms with van der Waals surface area (Å²) in [5.41, 5.74) is 23.8. The zero-order chi connectivity index (χ0) is 50.5. The van der Waals surface area contributed by atoms with Crippen LogP contribution in [0.25, 0.3) is 31.3 Å². The van der Waals surface area contributed by atoms with Gasteiger partial charge in [0.25, 0.3) is 0 Å². The van der Waals surface area contributed by atoms with E-state index in [1.54, 1.807) is 20.8 Å². The van der Waals surface area contributed by atoms with Crippen molar-refractivity contribution in [3.8, 4) is 0 Å². The SMILES string of the molecule is CC(C)(C)N(C(=O)C(CCCCNC(=O)CCOCCOCCN=[N+]=[N-])NC(=O)CCCNC(=O)CCOCCOCCN=[N+]=[N-])C(CCCCNC(=O)CCOCCOCCN=[N+]=[N-])C(=O)O. The minimum Gasteiger partial charge on any atom is -0.480 e. The van der Waals surface area contributed by atoms with Gasteiger partial charge >= 0.3 is 5.97 Å². The second-order valence-electron chi connectivity index (χ2n) is 15.8. The normalized spacial score (nSPS) is 11.8. The fourth-order valence-corrected chi connectivity index (χ4v) is 6.05. The minimum absolute atomic E-state index is 0.0297. The summed E-state index contributed by atoms with van der Waals surface area (Å²) in [6.07, 6.45) is 2.43. The molecule has 5 amide bonds. The summed E-state index contributed by atoms with van der Waals surface area (Å²) in [5, 5.41) is 31.6. The van der Waals surface area contributed by atoms with Gasteiger partial charge in [-0.2, -0.15) is 0 Å². The van der Waals surface area contributed by atoms with Gasteiger partial charge in [-0.1, -0.05) is 15.3 Å². The summed E-state index contributed by atoms with van der Waals surface area (Å²) in [4.78, 5) is 86.6. The molecule has 0 radical (unpaired) electrons. The maximum atomic E-state index is 14.4. The lowest BCUT2D eigenvalue weighted by Crippen LogP contribution is -2.60. The number of amides is 5. The van der Waals surface area contributed by atoms with Crippen LogP contribution in [0.5, 0.6) is 0 Å². The molecule has 27 nitrogen and oxygen atoms in total. The highest BCUT2D eigenvalue weighted by Crippen LogP contribution is 2.24. The number of carbonyl (C=O) groups is 6. The van der Waals surface area contributed by atoms with E-state index in [-0.39, 0.29) is 181 Å². The molecular weight excluding hydrogens is 897 g/mol. The summed E-state index contributed by atoms with van der Waals surface area (Å²) in [5.74, 6) is -3.02. The van der Waals surface area contributed by atoms with Crippen LogP contribution in [-0.4, -0.2) is 182 Å². The van der Waals surface area contributed by atoms with Gasteiger partial charge in [0.1, 0.15) is 12.1 Å². The largest absolute Gasteiger partial charge is 0.480 e. The van der Waals surface area contributed by atoms with E-state index >= 15 is 0 Å². The average molecular weight is 971 g/mol. The van der Waals surface area contributed by atoms with Crippen LogP contribution in [0.4, 0.5) is 0 Å². The molecule has 0 bridgehead atoms. The number of carbonyl (C=O) groups excluding carboxylic acids is 5. The Morgan fingerprint density at radius 1 is 0.515 bits per heavy atom. The van der Waals surface area contributed by atoms with Crippen molar-refractivity contribution >= 4 is 35.5 Å². The molecule has 0 aliphatic heterocycles. The lowest BCUT2D eigenvalue weighted by molar-refractivity contribution is -0.157.